The summed E-state index contributed by atoms with van der Waals surface area (Å²) in [6.45, 7) is 4.47. The molecule has 4 heterocycles. The summed E-state index contributed by atoms with van der Waals surface area (Å²) in [6.07, 6.45) is 4.90. The third-order valence-corrected chi connectivity index (χ3v) is 6.90. The van der Waals surface area contributed by atoms with Gasteiger partial charge in [-0.25, -0.2) is 0 Å². The van der Waals surface area contributed by atoms with Gasteiger partial charge < -0.3 is 15.0 Å². The smallest absolute Gasteiger partial charge is 0.219 e. The molecule has 3 aliphatic heterocycles. The van der Waals surface area contributed by atoms with Crippen LogP contribution in [0.3, 0.4) is 0 Å². The number of carbonyl (C=O) groups excluding carboxylic acids is 1. The standard InChI is InChI=1S/C21H24ClN3O2/c1-2-20(26)24-10-15-16-11-25(12-21(16)7-5-19(15)27-21)18-6-8-23-17-4-3-13(22)9-14(17)18/h3-4,6,8-9,15-16,19H,2,5,7,10-12H2,1H3,(H,24,26)/t15-,16+,19+,21+/m0/s1. The third kappa shape index (κ3) is 2.71. The van der Waals surface area contributed by atoms with Crippen molar-refractivity contribution in [3.63, 3.8) is 0 Å². The first kappa shape index (κ1) is 17.3. The number of nitrogens with zero attached hydrogens (tertiary/aromatic N) is 2. The molecule has 1 aromatic heterocycles. The van der Waals surface area contributed by atoms with Gasteiger partial charge in [-0.1, -0.05) is 18.5 Å². The molecule has 5 nitrogen and oxygen atoms in total. The number of carbonyl (C=O) groups is 1. The summed E-state index contributed by atoms with van der Waals surface area (Å²) in [6, 6.07) is 7.94. The molecule has 0 unspecified atom stereocenters. The van der Waals surface area contributed by atoms with E-state index >= 15 is 0 Å². The molecule has 1 aromatic carbocycles. The molecule has 0 radical (unpaired) electrons. The van der Waals surface area contributed by atoms with Crippen LogP contribution in [0.5, 0.6) is 0 Å². The van der Waals surface area contributed by atoms with Crippen LogP contribution in [0.4, 0.5) is 5.69 Å². The number of aromatic nitrogens is 1. The van der Waals surface area contributed by atoms with Crippen LogP contribution in [-0.2, 0) is 9.53 Å². The number of halogens is 1. The predicted octanol–water partition coefficient (Wildman–Crippen LogP) is 3.40. The monoisotopic (exact) mass is 385 g/mol. The Labute approximate surface area is 164 Å². The lowest BCUT2D eigenvalue weighted by atomic mass is 9.73. The molecule has 142 valence electrons. The summed E-state index contributed by atoms with van der Waals surface area (Å²) in [7, 11) is 0. The van der Waals surface area contributed by atoms with Crippen molar-refractivity contribution in [1.82, 2.24) is 10.3 Å². The van der Waals surface area contributed by atoms with E-state index in [-0.39, 0.29) is 17.6 Å². The van der Waals surface area contributed by atoms with E-state index in [9.17, 15) is 4.79 Å². The molecule has 2 aromatic rings. The second-order valence-electron chi connectivity index (χ2n) is 8.06. The fraction of sp³-hybridized carbons (Fsp3) is 0.524. The van der Waals surface area contributed by atoms with E-state index in [0.29, 0.717) is 18.3 Å². The number of benzene rings is 1. The molecule has 3 fully saturated rings. The van der Waals surface area contributed by atoms with Crippen molar-refractivity contribution < 1.29 is 9.53 Å². The maximum Gasteiger partial charge on any atom is 0.219 e. The van der Waals surface area contributed by atoms with Gasteiger partial charge >= 0.3 is 0 Å². The number of anilines is 1. The molecule has 3 saturated heterocycles. The maximum atomic E-state index is 11.7. The van der Waals surface area contributed by atoms with Crippen molar-refractivity contribution in [2.45, 2.75) is 37.9 Å². The average Bonchev–Trinajstić information content (AvgIpc) is 3.34. The summed E-state index contributed by atoms with van der Waals surface area (Å²) in [4.78, 5) is 18.7. The van der Waals surface area contributed by atoms with Gasteiger partial charge in [-0.05, 0) is 37.1 Å². The van der Waals surface area contributed by atoms with Crippen LogP contribution < -0.4 is 10.2 Å². The highest BCUT2D eigenvalue weighted by molar-refractivity contribution is 6.31. The van der Waals surface area contributed by atoms with E-state index in [1.54, 1.807) is 0 Å². The normalized spacial score (nSPS) is 31.5. The molecular formula is C21H24ClN3O2. The fourth-order valence-electron chi connectivity index (χ4n) is 5.38. The highest BCUT2D eigenvalue weighted by Crippen LogP contribution is 2.55. The van der Waals surface area contributed by atoms with E-state index in [1.165, 1.54) is 5.69 Å². The quantitative estimate of drug-likeness (QED) is 0.876. The Bertz CT molecular complexity index is 904. The summed E-state index contributed by atoms with van der Waals surface area (Å²) in [5.74, 6) is 0.975. The van der Waals surface area contributed by atoms with Crippen LogP contribution in [0.1, 0.15) is 26.2 Å². The van der Waals surface area contributed by atoms with Gasteiger partial charge in [-0.2, -0.15) is 0 Å². The van der Waals surface area contributed by atoms with E-state index in [2.05, 4.69) is 21.3 Å². The van der Waals surface area contributed by atoms with Gasteiger partial charge in [0.05, 0.1) is 17.2 Å². The third-order valence-electron chi connectivity index (χ3n) is 6.66. The van der Waals surface area contributed by atoms with Crippen LogP contribution in [0.2, 0.25) is 5.02 Å². The second kappa shape index (κ2) is 6.35. The largest absolute Gasteiger partial charge is 0.369 e. The Morgan fingerprint density at radius 1 is 1.44 bits per heavy atom. The van der Waals surface area contributed by atoms with Gasteiger partial charge in [0, 0.05) is 60.2 Å². The molecule has 5 rings (SSSR count). The summed E-state index contributed by atoms with van der Waals surface area (Å²) in [5.41, 5.74) is 2.07. The highest BCUT2D eigenvalue weighted by atomic mass is 35.5. The van der Waals surface area contributed by atoms with Gasteiger partial charge in [0.25, 0.3) is 0 Å². The minimum atomic E-state index is -0.0690. The second-order valence-corrected chi connectivity index (χ2v) is 8.50. The number of pyridine rings is 1. The lowest BCUT2D eigenvalue weighted by molar-refractivity contribution is -0.121. The van der Waals surface area contributed by atoms with Crippen molar-refractivity contribution in [2.75, 3.05) is 24.5 Å². The Balaban J connectivity index is 1.44. The molecule has 1 N–H and O–H groups in total. The molecule has 6 heteroatoms. The van der Waals surface area contributed by atoms with E-state index in [0.717, 1.165) is 48.4 Å². The number of rotatable bonds is 4. The van der Waals surface area contributed by atoms with Crippen molar-refractivity contribution >= 4 is 34.1 Å². The Kier molecular flexibility index (Phi) is 4.06. The minimum Gasteiger partial charge on any atom is -0.369 e. The number of nitrogens with one attached hydrogen (secondary N) is 1. The van der Waals surface area contributed by atoms with Gasteiger partial charge in [0.15, 0.2) is 0 Å². The average molecular weight is 386 g/mol. The van der Waals surface area contributed by atoms with Crippen molar-refractivity contribution in [3.05, 3.63) is 35.5 Å². The fourth-order valence-corrected chi connectivity index (χ4v) is 5.56. The molecule has 2 bridgehead atoms. The molecule has 1 spiro atoms. The molecular weight excluding hydrogens is 362 g/mol. The maximum absolute atomic E-state index is 11.7. The van der Waals surface area contributed by atoms with Crippen LogP contribution in [0, 0.1) is 11.8 Å². The molecule has 0 saturated carbocycles. The van der Waals surface area contributed by atoms with E-state index in [4.69, 9.17) is 16.3 Å². The molecule has 1 amide bonds. The zero-order valence-electron chi connectivity index (χ0n) is 15.5. The number of ether oxygens (including phenoxy) is 1. The Morgan fingerprint density at radius 3 is 3.19 bits per heavy atom. The predicted molar refractivity (Wildman–Crippen MR) is 106 cm³/mol. The zero-order chi connectivity index (χ0) is 18.6. The molecule has 27 heavy (non-hydrogen) atoms. The SMILES string of the molecule is CCC(=O)NC[C@H]1[C@H]2CN(c3ccnc4ccc(Cl)cc34)C[C@]23CC[C@H]1O3. The lowest BCUT2D eigenvalue weighted by Crippen LogP contribution is -2.41. The summed E-state index contributed by atoms with van der Waals surface area (Å²) >= 11 is 6.25. The zero-order valence-corrected chi connectivity index (χ0v) is 16.2. The van der Waals surface area contributed by atoms with Gasteiger partial charge in [-0.15, -0.1) is 0 Å². The molecule has 3 aliphatic rings. The van der Waals surface area contributed by atoms with Crippen LogP contribution in [-0.4, -0.2) is 42.2 Å². The summed E-state index contributed by atoms with van der Waals surface area (Å²) < 4.78 is 6.52. The van der Waals surface area contributed by atoms with Crippen LogP contribution >= 0.6 is 11.6 Å². The highest BCUT2D eigenvalue weighted by Gasteiger charge is 2.62. The first-order valence-electron chi connectivity index (χ1n) is 9.83. The minimum absolute atomic E-state index is 0.0690. The van der Waals surface area contributed by atoms with Crippen LogP contribution in [0.15, 0.2) is 30.5 Å². The van der Waals surface area contributed by atoms with Gasteiger partial charge in [-0.3, -0.25) is 9.78 Å². The van der Waals surface area contributed by atoms with Crippen molar-refractivity contribution in [1.29, 1.82) is 0 Å². The number of hydrogen-bond donors (Lipinski definition) is 1. The van der Waals surface area contributed by atoms with E-state index < -0.39 is 0 Å². The number of fused-ring (bicyclic) bond motifs is 2. The first-order chi connectivity index (χ1) is 13.1. The number of amides is 1. The molecule has 0 aliphatic carbocycles. The van der Waals surface area contributed by atoms with Crippen molar-refractivity contribution in [3.8, 4) is 0 Å². The Morgan fingerprint density at radius 2 is 2.33 bits per heavy atom. The number of hydrogen-bond acceptors (Lipinski definition) is 4. The van der Waals surface area contributed by atoms with E-state index in [1.807, 2.05) is 31.3 Å². The van der Waals surface area contributed by atoms with Gasteiger partial charge in [0.2, 0.25) is 5.91 Å². The van der Waals surface area contributed by atoms with Crippen LogP contribution in [0.25, 0.3) is 10.9 Å². The van der Waals surface area contributed by atoms with Crippen molar-refractivity contribution in [2.24, 2.45) is 11.8 Å². The molecule has 4 atom stereocenters. The lowest BCUT2D eigenvalue weighted by Gasteiger charge is -2.29. The first-order valence-corrected chi connectivity index (χ1v) is 10.2. The van der Waals surface area contributed by atoms with Gasteiger partial charge in [0.1, 0.15) is 0 Å². The topological polar surface area (TPSA) is 54.5 Å². The Hall–Kier alpha value is -1.85. The summed E-state index contributed by atoms with van der Waals surface area (Å²) in [5, 5.41) is 4.91.